The van der Waals surface area contributed by atoms with Gasteiger partial charge in [-0.1, -0.05) is 57.1 Å². The second kappa shape index (κ2) is 20.0. The third-order valence-corrected chi connectivity index (χ3v) is 7.22. The summed E-state index contributed by atoms with van der Waals surface area (Å²) in [5.74, 6) is 1.59. The third kappa shape index (κ3) is 13.8. The Hall–Kier alpha value is -2.14. The molecule has 0 heterocycles. The van der Waals surface area contributed by atoms with Gasteiger partial charge in [-0.25, -0.2) is 0 Å². The van der Waals surface area contributed by atoms with Crippen molar-refractivity contribution in [2.75, 3.05) is 39.1 Å². The maximum atomic E-state index is 12.5. The number of rotatable bonds is 20. The lowest BCUT2D eigenvalue weighted by molar-refractivity contribution is 0.220. The van der Waals surface area contributed by atoms with Gasteiger partial charge >= 0.3 is 7.60 Å². The van der Waals surface area contributed by atoms with Gasteiger partial charge in [0, 0.05) is 12.8 Å². The number of benzene rings is 1. The fourth-order valence-electron chi connectivity index (χ4n) is 3.19. The Morgan fingerprint density at radius 3 is 2.19 bits per heavy atom. The van der Waals surface area contributed by atoms with E-state index in [1.807, 2.05) is 63.3 Å². The largest absolute Gasteiger partial charge is 0.490 e. The summed E-state index contributed by atoms with van der Waals surface area (Å²) in [6, 6.07) is 6.06. The zero-order valence-corrected chi connectivity index (χ0v) is 23.8. The SMILES string of the molecule is C\C=C/C(C=Cc1ccc(OCCCC)c(OCCCC)c1)=C\C=N\CCCP(=O)(OCC)OCC. The molecule has 0 spiro atoms. The molecule has 0 saturated heterocycles. The molecule has 0 saturated carbocycles. The standard InChI is InChI=1S/C29H46NO5P/c1-6-11-22-32-28-18-17-27(25-29(28)33-23-12-7-2)16-15-26(14-8-3)19-21-30-20-13-24-36(31,34-9-4)35-10-5/h8,14-19,21,25H,6-7,9-13,20,22-24H2,1-5H3/b14-8-,16-15?,26-19+,30-21+. The van der Waals surface area contributed by atoms with Crippen molar-refractivity contribution < 1.29 is 23.1 Å². The number of ether oxygens (including phenoxy) is 2. The molecule has 0 unspecified atom stereocenters. The van der Waals surface area contributed by atoms with Crippen molar-refractivity contribution in [1.82, 2.24) is 0 Å². The number of aliphatic imine (C=N–C) groups is 1. The van der Waals surface area contributed by atoms with E-state index in [4.69, 9.17) is 18.5 Å². The Labute approximate surface area is 219 Å². The van der Waals surface area contributed by atoms with Crippen LogP contribution in [0, 0.1) is 0 Å². The number of nitrogens with zero attached hydrogens (tertiary/aromatic N) is 1. The van der Waals surface area contributed by atoms with Crippen LogP contribution in [0.3, 0.4) is 0 Å². The molecule has 1 aromatic carbocycles. The topological polar surface area (TPSA) is 66.4 Å². The van der Waals surface area contributed by atoms with Gasteiger partial charge in [0.2, 0.25) is 0 Å². The van der Waals surface area contributed by atoms with Gasteiger partial charge in [-0.2, -0.15) is 0 Å². The van der Waals surface area contributed by atoms with E-state index in [0.717, 1.165) is 48.3 Å². The Balaban J connectivity index is 2.81. The minimum absolute atomic E-state index is 0.373. The normalized spacial score (nSPS) is 12.9. The molecule has 6 nitrogen and oxygen atoms in total. The molecule has 1 rings (SSSR count). The molecule has 36 heavy (non-hydrogen) atoms. The number of hydrogen-bond acceptors (Lipinski definition) is 6. The summed E-state index contributed by atoms with van der Waals surface area (Å²) in [4.78, 5) is 4.44. The molecule has 0 aliphatic rings. The highest BCUT2D eigenvalue weighted by Crippen LogP contribution is 2.48. The molecule has 0 bridgehead atoms. The maximum Gasteiger partial charge on any atom is 0.330 e. The van der Waals surface area contributed by atoms with Gasteiger partial charge < -0.3 is 18.5 Å². The van der Waals surface area contributed by atoms with Gasteiger partial charge in [0.05, 0.1) is 32.6 Å². The fourth-order valence-corrected chi connectivity index (χ4v) is 4.84. The lowest BCUT2D eigenvalue weighted by Gasteiger charge is -2.16. The Morgan fingerprint density at radius 2 is 1.58 bits per heavy atom. The van der Waals surface area contributed by atoms with Crippen molar-refractivity contribution >= 4 is 19.9 Å². The van der Waals surface area contributed by atoms with E-state index in [0.29, 0.717) is 45.6 Å². The summed E-state index contributed by atoms with van der Waals surface area (Å²) >= 11 is 0. The van der Waals surface area contributed by atoms with Crippen LogP contribution >= 0.6 is 7.60 Å². The first-order valence-electron chi connectivity index (χ1n) is 13.3. The van der Waals surface area contributed by atoms with Crippen LogP contribution in [0.1, 0.15) is 72.3 Å². The van der Waals surface area contributed by atoms with Crippen LogP contribution in [0.15, 0.2) is 53.1 Å². The first-order valence-corrected chi connectivity index (χ1v) is 15.0. The molecule has 0 fully saturated rings. The van der Waals surface area contributed by atoms with Crippen LogP contribution < -0.4 is 9.47 Å². The van der Waals surface area contributed by atoms with Crippen LogP contribution in [-0.4, -0.2) is 45.3 Å². The quantitative estimate of drug-likeness (QED) is 0.0750. The third-order valence-electron chi connectivity index (χ3n) is 5.05. The smallest absolute Gasteiger partial charge is 0.330 e. The molecule has 1 aromatic rings. The van der Waals surface area contributed by atoms with Gasteiger partial charge in [-0.05, 0) is 69.4 Å². The Kier molecular flexibility index (Phi) is 17.7. The van der Waals surface area contributed by atoms with Crippen molar-refractivity contribution in [1.29, 1.82) is 0 Å². The summed E-state index contributed by atoms with van der Waals surface area (Å²) in [5, 5.41) is 0. The van der Waals surface area contributed by atoms with E-state index in [1.165, 1.54) is 0 Å². The van der Waals surface area contributed by atoms with Crippen LogP contribution in [0.2, 0.25) is 0 Å². The minimum atomic E-state index is -3.00. The van der Waals surface area contributed by atoms with E-state index >= 15 is 0 Å². The van der Waals surface area contributed by atoms with Crippen molar-refractivity contribution in [3.63, 3.8) is 0 Å². The van der Waals surface area contributed by atoms with E-state index in [-0.39, 0.29) is 0 Å². The summed E-state index contributed by atoms with van der Waals surface area (Å²) in [6.07, 6.45) is 17.1. The van der Waals surface area contributed by atoms with Crippen molar-refractivity contribution in [2.45, 2.75) is 66.7 Å². The summed E-state index contributed by atoms with van der Waals surface area (Å²) in [7, 11) is -3.00. The average molecular weight is 520 g/mol. The van der Waals surface area contributed by atoms with Crippen molar-refractivity contribution in [3.8, 4) is 11.5 Å². The Morgan fingerprint density at radius 1 is 0.917 bits per heavy atom. The van der Waals surface area contributed by atoms with Gasteiger partial charge in [0.15, 0.2) is 11.5 Å². The lowest BCUT2D eigenvalue weighted by atomic mass is 10.1. The summed E-state index contributed by atoms with van der Waals surface area (Å²) < 4.78 is 35.1. The lowest BCUT2D eigenvalue weighted by Crippen LogP contribution is -2.02. The molecule has 0 aromatic heterocycles. The van der Waals surface area contributed by atoms with E-state index in [2.05, 4.69) is 24.9 Å². The minimum Gasteiger partial charge on any atom is -0.490 e. The van der Waals surface area contributed by atoms with Gasteiger partial charge in [-0.3, -0.25) is 9.56 Å². The van der Waals surface area contributed by atoms with E-state index in [1.54, 1.807) is 6.21 Å². The highest BCUT2D eigenvalue weighted by Gasteiger charge is 2.22. The second-order valence-corrected chi connectivity index (χ2v) is 10.4. The molecule has 0 aliphatic heterocycles. The highest BCUT2D eigenvalue weighted by atomic mass is 31.2. The van der Waals surface area contributed by atoms with Gasteiger partial charge in [0.25, 0.3) is 0 Å². The van der Waals surface area contributed by atoms with Crippen LogP contribution in [-0.2, 0) is 13.6 Å². The van der Waals surface area contributed by atoms with Crippen molar-refractivity contribution in [3.05, 3.63) is 53.6 Å². The molecule has 0 radical (unpaired) electrons. The van der Waals surface area contributed by atoms with Gasteiger partial charge in [0.1, 0.15) is 0 Å². The molecule has 0 N–H and O–H groups in total. The number of unbranched alkanes of at least 4 members (excludes halogenated alkanes) is 2. The molecule has 0 aliphatic carbocycles. The van der Waals surface area contributed by atoms with Crippen molar-refractivity contribution in [2.24, 2.45) is 4.99 Å². The maximum absolute atomic E-state index is 12.5. The van der Waals surface area contributed by atoms with Crippen LogP contribution in [0.25, 0.3) is 6.08 Å². The number of hydrogen-bond donors (Lipinski definition) is 0. The van der Waals surface area contributed by atoms with E-state index < -0.39 is 7.60 Å². The monoisotopic (exact) mass is 519 g/mol. The highest BCUT2D eigenvalue weighted by molar-refractivity contribution is 7.53. The predicted molar refractivity (Wildman–Crippen MR) is 153 cm³/mol. The zero-order valence-electron chi connectivity index (χ0n) is 22.9. The average Bonchev–Trinajstić information content (AvgIpc) is 2.86. The van der Waals surface area contributed by atoms with Crippen LogP contribution in [0.4, 0.5) is 0 Å². The Bertz CT molecular complexity index is 882. The molecule has 202 valence electrons. The predicted octanol–water partition coefficient (Wildman–Crippen LogP) is 8.29. The fraction of sp³-hybridized carbons (Fsp3) is 0.552. The first-order chi connectivity index (χ1) is 17.5. The molecule has 7 heteroatoms. The summed E-state index contributed by atoms with van der Waals surface area (Å²) in [5.41, 5.74) is 2.06. The second-order valence-electron chi connectivity index (χ2n) is 8.19. The first kappa shape index (κ1) is 31.9. The zero-order chi connectivity index (χ0) is 26.5. The summed E-state index contributed by atoms with van der Waals surface area (Å²) in [6.45, 7) is 12.6. The van der Waals surface area contributed by atoms with E-state index in [9.17, 15) is 4.57 Å². The number of allylic oxidation sites excluding steroid dienone is 5. The molecule has 0 amide bonds. The molecule has 0 atom stereocenters. The van der Waals surface area contributed by atoms with Crippen LogP contribution in [0.5, 0.6) is 11.5 Å². The molecular weight excluding hydrogens is 473 g/mol. The molecular formula is C29H46NO5P. The van der Waals surface area contributed by atoms with Gasteiger partial charge in [-0.15, -0.1) is 0 Å².